The highest BCUT2D eigenvalue weighted by atomic mass is 35.5. The van der Waals surface area contributed by atoms with E-state index in [9.17, 15) is 44.8 Å². The molecule has 8 aromatic rings. The van der Waals surface area contributed by atoms with Gasteiger partial charge in [-0.25, -0.2) is 36.4 Å². The van der Waals surface area contributed by atoms with Gasteiger partial charge in [-0.05, 0) is 108 Å². The van der Waals surface area contributed by atoms with E-state index in [4.69, 9.17) is 11.2 Å². The Labute approximate surface area is 446 Å². The molecule has 0 radical (unpaired) electrons. The number of esters is 3. The van der Waals surface area contributed by atoms with E-state index in [0.29, 0.717) is 50.6 Å². The summed E-state index contributed by atoms with van der Waals surface area (Å²) in [6, 6.07) is 46.2. The molecular weight excluding hydrogens is 1070 g/mol. The molecule has 0 saturated carbocycles. The molecule has 4 N–H and O–H groups in total. The largest absolute Gasteiger partial charge is 1.00 e. The number of hydrogen-bond donors (Lipinski definition) is 3. The third-order valence-corrected chi connectivity index (χ3v) is 11.9. The van der Waals surface area contributed by atoms with Gasteiger partial charge in [-0.15, -0.1) is 15.0 Å². The number of hydrogen-bond acceptors (Lipinski definition) is 17. The number of ether oxygens (including phenoxy) is 3. The number of aromatic nitrogens is 4. The Morgan fingerprint density at radius 3 is 1.44 bits per heavy atom. The number of methoxy groups -OCH3 is 3. The number of hydrazone groups is 1. The number of halogens is 3. The molecule has 1 aromatic heterocycles. The second-order valence-corrected chi connectivity index (χ2v) is 17.8. The van der Waals surface area contributed by atoms with E-state index >= 15 is 0 Å². The summed E-state index contributed by atoms with van der Waals surface area (Å²) in [6.07, 6.45) is 2.07. The second-order valence-electron chi connectivity index (χ2n) is 14.5. The van der Waals surface area contributed by atoms with Gasteiger partial charge in [-0.2, -0.15) is 18.4 Å². The van der Waals surface area contributed by atoms with E-state index in [0.717, 1.165) is 6.29 Å². The number of aldehydes is 1. The molecule has 0 bridgehead atoms. The molecule has 77 heavy (non-hydrogen) atoms. The van der Waals surface area contributed by atoms with Crippen LogP contribution in [0.15, 0.2) is 197 Å². The number of carbonyl (C=O) groups is 4. The van der Waals surface area contributed by atoms with Crippen molar-refractivity contribution in [2.24, 2.45) is 10.9 Å². The number of nitrogens with two attached hydrogens (primary N) is 1. The molecule has 398 valence electrons. The fraction of sp³-hybridized carbons (Fsp3) is 0.0588. The van der Waals surface area contributed by atoms with E-state index in [1.54, 1.807) is 126 Å². The molecule has 0 fully saturated rings. The lowest BCUT2D eigenvalue weighted by Crippen LogP contribution is -3.00. The van der Waals surface area contributed by atoms with E-state index in [2.05, 4.69) is 44.5 Å². The average molecular weight is 1110 g/mol. The Kier molecular flexibility index (Phi) is 25.2. The topological polar surface area (TPSA) is 298 Å². The molecule has 0 aliphatic rings. The van der Waals surface area contributed by atoms with Crippen molar-refractivity contribution in [3.05, 3.63) is 226 Å². The third kappa shape index (κ3) is 20.1. The number of sulfonamides is 2. The number of benzene rings is 7. The van der Waals surface area contributed by atoms with Crippen molar-refractivity contribution < 1.29 is 71.4 Å². The Morgan fingerprint density at radius 1 is 0.610 bits per heavy atom. The summed E-state index contributed by atoms with van der Waals surface area (Å²) in [4.78, 5) is 52.1. The lowest BCUT2D eigenvalue weighted by molar-refractivity contribution is -0.0000683. The quantitative estimate of drug-likeness (QED) is 0.0289. The van der Waals surface area contributed by atoms with Gasteiger partial charge in [0.15, 0.2) is 4.98 Å². The van der Waals surface area contributed by atoms with Crippen LogP contribution < -0.4 is 27.9 Å². The average Bonchev–Trinajstić information content (AvgIpc) is 3.97. The van der Waals surface area contributed by atoms with Crippen LogP contribution in [0.5, 0.6) is 0 Å². The Hall–Kier alpha value is -9.45. The predicted molar refractivity (Wildman–Crippen MR) is 273 cm³/mol. The number of tetrazole rings is 1. The minimum Gasteiger partial charge on any atom is -1.00 e. The molecule has 0 saturated heterocycles. The van der Waals surface area contributed by atoms with E-state index in [1.807, 2.05) is 0 Å². The number of hydrazine groups is 1. The minimum atomic E-state index is -3.68. The fourth-order valence-electron chi connectivity index (χ4n) is 5.52. The zero-order valence-corrected chi connectivity index (χ0v) is 43.0. The summed E-state index contributed by atoms with van der Waals surface area (Å²) >= 11 is 0. The Balaban J connectivity index is 0.000000264. The highest BCUT2D eigenvalue weighted by Crippen LogP contribution is 2.17. The lowest BCUT2D eigenvalue weighted by atomic mass is 10.1. The summed E-state index contributed by atoms with van der Waals surface area (Å²) in [6.45, 7) is 0. The van der Waals surface area contributed by atoms with Crippen LogP contribution in [-0.2, 0) is 34.3 Å². The maximum absolute atomic E-state index is 12.9. The number of nitrogens with one attached hydrogen (secondary N) is 2. The van der Waals surface area contributed by atoms with Gasteiger partial charge in [0, 0.05) is 23.3 Å². The molecule has 0 spiro atoms. The summed E-state index contributed by atoms with van der Waals surface area (Å²) in [7, 11) is -3.21. The first-order valence-electron chi connectivity index (χ1n) is 21.5. The highest BCUT2D eigenvalue weighted by Gasteiger charge is 2.13. The summed E-state index contributed by atoms with van der Waals surface area (Å²) < 4.78 is 84.5. The van der Waals surface area contributed by atoms with Gasteiger partial charge in [-0.3, -0.25) is 10.6 Å². The predicted octanol–water partition coefficient (Wildman–Crippen LogP) is 4.48. The van der Waals surface area contributed by atoms with E-state index in [1.165, 1.54) is 93.0 Å². The van der Waals surface area contributed by atoms with Crippen LogP contribution in [-0.4, -0.2) is 88.8 Å². The van der Waals surface area contributed by atoms with Crippen LogP contribution in [0.2, 0.25) is 0 Å². The Bertz CT molecular complexity index is 3450. The molecular formula is C51H45ClF2N10O11S2. The first-order valence-corrected chi connectivity index (χ1v) is 24.5. The first-order chi connectivity index (χ1) is 36.5. The van der Waals surface area contributed by atoms with Gasteiger partial charge < -0.3 is 26.6 Å². The van der Waals surface area contributed by atoms with Crippen molar-refractivity contribution in [3.8, 4) is 17.1 Å². The van der Waals surface area contributed by atoms with Gasteiger partial charge in [0.25, 0.3) is 20.0 Å². The Morgan fingerprint density at radius 2 is 1.03 bits per heavy atom. The van der Waals surface area contributed by atoms with Crippen LogP contribution in [0.1, 0.15) is 47.0 Å². The lowest BCUT2D eigenvalue weighted by Gasteiger charge is -2.02. The number of diazo groups is 1. The third-order valence-electron chi connectivity index (χ3n) is 9.43. The summed E-state index contributed by atoms with van der Waals surface area (Å²) in [5, 5.41) is 23.9. The molecule has 1 heterocycles. The molecule has 26 heteroatoms. The van der Waals surface area contributed by atoms with Gasteiger partial charge in [0.2, 0.25) is 11.2 Å². The molecule has 0 aliphatic heterocycles. The number of carbonyl (C=O) groups excluding carboxylic acids is 4. The van der Waals surface area contributed by atoms with Crippen molar-refractivity contribution in [2.75, 3.05) is 21.3 Å². The van der Waals surface area contributed by atoms with Gasteiger partial charge in [-0.1, -0.05) is 72.8 Å². The van der Waals surface area contributed by atoms with E-state index < -0.39 is 38.0 Å². The zero-order chi connectivity index (χ0) is 55.5. The van der Waals surface area contributed by atoms with Crippen LogP contribution in [0.4, 0.5) is 14.5 Å². The molecule has 8 rings (SSSR count). The van der Waals surface area contributed by atoms with Crippen molar-refractivity contribution in [1.82, 2.24) is 29.9 Å². The fourth-order valence-corrected chi connectivity index (χ4v) is 6.99. The summed E-state index contributed by atoms with van der Waals surface area (Å²) in [5.41, 5.74) is 4.15. The molecule has 0 aliphatic carbocycles. The normalized spacial score (nSPS) is 10.2. The van der Waals surface area contributed by atoms with Crippen LogP contribution in [0, 0.1) is 17.0 Å². The molecule has 0 unspecified atom stereocenters. The zero-order valence-electron chi connectivity index (χ0n) is 40.6. The summed E-state index contributed by atoms with van der Waals surface area (Å²) in [5.74, 6) is 3.30. The van der Waals surface area contributed by atoms with Crippen molar-refractivity contribution in [3.63, 3.8) is 0 Å². The first kappa shape index (κ1) is 61.8. The maximum Gasteiger partial charge on any atom is 0.385 e. The van der Waals surface area contributed by atoms with Crippen molar-refractivity contribution >= 4 is 56.1 Å². The molecule has 0 atom stereocenters. The number of nitrogens with zero attached hydrogens (tertiary/aromatic N) is 7. The van der Waals surface area contributed by atoms with Gasteiger partial charge in [0.05, 0.1) is 59.7 Å². The standard InChI is InChI=1S/C15H11FN4O2.C15H14N2O4S.C9H8O3.C6H4FN2.C6H8N2O2S.ClH/c1-22-15(21)11-4-2-10(3-5-11)14-17-19-20(18-14)13-8-6-12(16)7-9-13;1-21-15(18)13-9-7-12(8-10-13)11-16-17-22(19,20)14-5-3-2-4-6-14;1-12-9(11)8-4-2-7(6-10)3-5-8;7-5-1-3-6(9-8)4-2-5;7-8-11(9,10)6-4-2-1-3-5-6;/h2-9H,1H3;2-11,17H,1H3;2-6H,1H3;1-4H;1-5,8H,7H2;1H/q;;;+1;;/p-1/b;16-11+;;;;. The van der Waals surface area contributed by atoms with Crippen molar-refractivity contribution in [2.45, 2.75) is 9.79 Å². The number of rotatable bonds is 12. The molecule has 7 aromatic carbocycles. The monoisotopic (exact) mass is 1110 g/mol. The second kappa shape index (κ2) is 31.3. The van der Waals surface area contributed by atoms with Gasteiger partial charge in [0.1, 0.15) is 17.9 Å². The van der Waals surface area contributed by atoms with Crippen LogP contribution >= 0.6 is 0 Å². The maximum atomic E-state index is 12.9. The molecule has 21 nitrogen and oxygen atoms in total. The van der Waals surface area contributed by atoms with E-state index in [-0.39, 0.29) is 33.8 Å². The minimum absolute atomic E-state index is 0. The van der Waals surface area contributed by atoms with Gasteiger partial charge >= 0.3 is 23.6 Å². The SMILES string of the molecule is COC(=O)c1ccc(-c2nnn(-c3ccc(F)cc3)n2)cc1.COC(=O)c1ccc(/C=N/NS(=O)(=O)c2ccccc2)cc1.COC(=O)c1ccc(C=O)cc1.N#[N+]c1ccc(F)cc1.NNS(=O)(=O)c1ccccc1.[Cl-]. The van der Waals surface area contributed by atoms with Crippen LogP contribution in [0.3, 0.4) is 0 Å². The van der Waals surface area contributed by atoms with Crippen LogP contribution in [0.25, 0.3) is 22.1 Å². The smallest absolute Gasteiger partial charge is 0.385 e. The highest BCUT2D eigenvalue weighted by molar-refractivity contribution is 7.89. The van der Waals surface area contributed by atoms with Crippen molar-refractivity contribution in [1.29, 1.82) is 5.39 Å². The molecule has 0 amide bonds.